The Labute approximate surface area is 114 Å². The summed E-state index contributed by atoms with van der Waals surface area (Å²) in [5.74, 6) is 0. The zero-order chi connectivity index (χ0) is 13.2. The van der Waals surface area contributed by atoms with Gasteiger partial charge >= 0.3 is 0 Å². The lowest BCUT2D eigenvalue weighted by Gasteiger charge is -2.26. The minimum atomic E-state index is 0.127. The number of hydrogen-bond donors (Lipinski definition) is 2. The van der Waals surface area contributed by atoms with Gasteiger partial charge in [0.15, 0.2) is 0 Å². The van der Waals surface area contributed by atoms with E-state index >= 15 is 0 Å². The monoisotopic (exact) mass is 257 g/mol. The largest absolute Gasteiger partial charge is 0.350 e. The molecular weight excluding hydrogens is 234 g/mol. The van der Waals surface area contributed by atoms with Crippen LogP contribution in [0.1, 0.15) is 37.3 Å². The number of para-hydroxylation sites is 1. The first-order valence-electron chi connectivity index (χ1n) is 7.28. The lowest BCUT2D eigenvalue weighted by atomic mass is 9.94. The second kappa shape index (κ2) is 5.35. The van der Waals surface area contributed by atoms with Crippen molar-refractivity contribution < 1.29 is 0 Å². The predicted octanol–water partition coefficient (Wildman–Crippen LogP) is 2.71. The van der Waals surface area contributed by atoms with E-state index in [4.69, 9.17) is 5.73 Å². The Morgan fingerprint density at radius 2 is 2.21 bits per heavy atom. The van der Waals surface area contributed by atoms with Crippen LogP contribution in [0.3, 0.4) is 0 Å². The van der Waals surface area contributed by atoms with Crippen molar-refractivity contribution in [1.29, 1.82) is 0 Å². The van der Waals surface area contributed by atoms with Gasteiger partial charge in [-0.25, -0.2) is 0 Å². The molecule has 1 aromatic heterocycles. The zero-order valence-corrected chi connectivity index (χ0v) is 11.6. The highest BCUT2D eigenvalue weighted by Crippen LogP contribution is 2.28. The number of nitrogens with one attached hydrogen (secondary N) is 1. The predicted molar refractivity (Wildman–Crippen MR) is 80.1 cm³/mol. The summed E-state index contributed by atoms with van der Waals surface area (Å²) in [5, 5.41) is 4.89. The van der Waals surface area contributed by atoms with Gasteiger partial charge in [0.05, 0.1) is 0 Å². The van der Waals surface area contributed by atoms with Crippen LogP contribution in [0, 0.1) is 0 Å². The third-order valence-electron chi connectivity index (χ3n) is 4.28. The lowest BCUT2D eigenvalue weighted by Crippen LogP contribution is -2.36. The van der Waals surface area contributed by atoms with Gasteiger partial charge in [0.2, 0.25) is 0 Å². The summed E-state index contributed by atoms with van der Waals surface area (Å²) in [6.07, 6.45) is 7.13. The minimum Gasteiger partial charge on any atom is -0.350 e. The van der Waals surface area contributed by atoms with E-state index in [-0.39, 0.29) is 6.04 Å². The Hall–Kier alpha value is -1.32. The van der Waals surface area contributed by atoms with Crippen LogP contribution in [-0.4, -0.2) is 17.2 Å². The van der Waals surface area contributed by atoms with Crippen molar-refractivity contribution in [2.45, 2.75) is 37.8 Å². The molecule has 3 nitrogen and oxygen atoms in total. The molecule has 1 aliphatic heterocycles. The Kier molecular flexibility index (Phi) is 3.58. The Morgan fingerprint density at radius 1 is 1.37 bits per heavy atom. The van der Waals surface area contributed by atoms with E-state index in [1.165, 1.54) is 35.7 Å². The van der Waals surface area contributed by atoms with Crippen molar-refractivity contribution in [1.82, 2.24) is 9.88 Å². The Balaban J connectivity index is 1.82. The first-order valence-corrected chi connectivity index (χ1v) is 7.28. The summed E-state index contributed by atoms with van der Waals surface area (Å²) < 4.78 is 2.18. The second-order valence-electron chi connectivity index (χ2n) is 5.70. The first kappa shape index (κ1) is 12.7. The van der Waals surface area contributed by atoms with E-state index in [9.17, 15) is 0 Å². The van der Waals surface area contributed by atoms with Gasteiger partial charge in [-0.2, -0.15) is 0 Å². The van der Waals surface area contributed by atoms with E-state index in [0.717, 1.165) is 13.0 Å². The molecule has 0 bridgehead atoms. The summed E-state index contributed by atoms with van der Waals surface area (Å²) in [7, 11) is 2.09. The van der Waals surface area contributed by atoms with E-state index in [0.29, 0.717) is 6.04 Å². The topological polar surface area (TPSA) is 43.0 Å². The van der Waals surface area contributed by atoms with Gasteiger partial charge in [-0.15, -0.1) is 0 Å². The molecule has 1 aromatic carbocycles. The summed E-state index contributed by atoms with van der Waals surface area (Å²) in [4.78, 5) is 0. The number of nitrogens with zero attached hydrogens (tertiary/aromatic N) is 1. The molecule has 2 heterocycles. The number of fused-ring (bicyclic) bond motifs is 1. The smallest absolute Gasteiger partial charge is 0.0481 e. The summed E-state index contributed by atoms with van der Waals surface area (Å²) in [6.45, 7) is 1.15. The Morgan fingerprint density at radius 3 is 3.00 bits per heavy atom. The number of benzene rings is 1. The molecular formula is C16H23N3. The number of rotatable bonds is 3. The maximum absolute atomic E-state index is 6.45. The molecule has 2 unspecified atom stereocenters. The average Bonchev–Trinajstić information content (AvgIpc) is 2.78. The van der Waals surface area contributed by atoms with Crippen molar-refractivity contribution in [2.75, 3.05) is 6.54 Å². The van der Waals surface area contributed by atoms with Crippen LogP contribution in [0.2, 0.25) is 0 Å². The van der Waals surface area contributed by atoms with Crippen LogP contribution in [0.4, 0.5) is 0 Å². The lowest BCUT2D eigenvalue weighted by molar-refractivity contribution is 0.362. The molecule has 3 N–H and O–H groups in total. The standard InChI is InChI=1S/C16H23N3/c1-19-11-14(13-7-2-3-8-16(13)19)15(17)10-12-6-4-5-9-18-12/h2-3,7-8,11-12,15,18H,4-6,9-10,17H2,1H3. The van der Waals surface area contributed by atoms with Gasteiger partial charge in [0, 0.05) is 36.2 Å². The number of aromatic nitrogens is 1. The van der Waals surface area contributed by atoms with Gasteiger partial charge in [-0.1, -0.05) is 24.6 Å². The van der Waals surface area contributed by atoms with Crippen LogP contribution in [0.5, 0.6) is 0 Å². The minimum absolute atomic E-state index is 0.127. The third kappa shape index (κ3) is 2.53. The maximum atomic E-state index is 6.45. The summed E-state index contributed by atoms with van der Waals surface area (Å²) >= 11 is 0. The molecule has 19 heavy (non-hydrogen) atoms. The molecule has 2 atom stereocenters. The highest BCUT2D eigenvalue weighted by atomic mass is 14.9. The molecule has 3 rings (SSSR count). The molecule has 0 amide bonds. The summed E-state index contributed by atoms with van der Waals surface area (Å²) in [5.41, 5.74) is 9.00. The second-order valence-corrected chi connectivity index (χ2v) is 5.70. The van der Waals surface area contributed by atoms with E-state index in [1.807, 2.05) is 0 Å². The number of aryl methyl sites for hydroxylation is 1. The fourth-order valence-corrected chi connectivity index (χ4v) is 3.23. The van der Waals surface area contributed by atoms with Crippen LogP contribution in [0.25, 0.3) is 10.9 Å². The van der Waals surface area contributed by atoms with Gasteiger partial charge in [-0.3, -0.25) is 0 Å². The molecule has 0 spiro atoms. The molecule has 1 saturated heterocycles. The van der Waals surface area contributed by atoms with Crippen LogP contribution >= 0.6 is 0 Å². The number of piperidine rings is 1. The fraction of sp³-hybridized carbons (Fsp3) is 0.500. The van der Waals surface area contributed by atoms with E-state index in [2.05, 4.69) is 47.4 Å². The van der Waals surface area contributed by atoms with Gasteiger partial charge in [0.25, 0.3) is 0 Å². The van der Waals surface area contributed by atoms with Crippen molar-refractivity contribution >= 4 is 10.9 Å². The van der Waals surface area contributed by atoms with Crippen LogP contribution in [-0.2, 0) is 7.05 Å². The van der Waals surface area contributed by atoms with Crippen LogP contribution < -0.4 is 11.1 Å². The van der Waals surface area contributed by atoms with Crippen molar-refractivity contribution in [3.05, 3.63) is 36.0 Å². The fourth-order valence-electron chi connectivity index (χ4n) is 3.23. The maximum Gasteiger partial charge on any atom is 0.0481 e. The first-order chi connectivity index (χ1) is 9.25. The van der Waals surface area contributed by atoms with Crippen molar-refractivity contribution in [2.24, 2.45) is 12.8 Å². The SMILES string of the molecule is Cn1cc(C(N)CC2CCCCN2)c2ccccc21. The van der Waals surface area contributed by atoms with Crippen molar-refractivity contribution in [3.63, 3.8) is 0 Å². The summed E-state index contributed by atoms with van der Waals surface area (Å²) in [6, 6.07) is 9.23. The molecule has 102 valence electrons. The zero-order valence-electron chi connectivity index (χ0n) is 11.6. The van der Waals surface area contributed by atoms with E-state index in [1.54, 1.807) is 0 Å². The number of hydrogen-bond acceptors (Lipinski definition) is 2. The van der Waals surface area contributed by atoms with Gasteiger partial charge in [-0.05, 0) is 37.4 Å². The molecule has 0 aliphatic carbocycles. The third-order valence-corrected chi connectivity index (χ3v) is 4.28. The van der Waals surface area contributed by atoms with Crippen LogP contribution in [0.15, 0.2) is 30.5 Å². The Bertz CT molecular complexity index is 552. The normalized spacial score (nSPS) is 21.7. The molecule has 1 fully saturated rings. The molecule has 3 heteroatoms. The average molecular weight is 257 g/mol. The highest BCUT2D eigenvalue weighted by Gasteiger charge is 2.19. The molecule has 1 aliphatic rings. The van der Waals surface area contributed by atoms with Gasteiger partial charge in [0.1, 0.15) is 0 Å². The highest BCUT2D eigenvalue weighted by molar-refractivity contribution is 5.84. The number of nitrogens with two attached hydrogens (primary N) is 1. The van der Waals surface area contributed by atoms with Crippen molar-refractivity contribution in [3.8, 4) is 0 Å². The molecule has 0 radical (unpaired) electrons. The quantitative estimate of drug-likeness (QED) is 0.888. The molecule has 0 saturated carbocycles. The van der Waals surface area contributed by atoms with Gasteiger partial charge < -0.3 is 15.6 Å². The molecule has 2 aromatic rings. The van der Waals surface area contributed by atoms with E-state index < -0.39 is 0 Å².